The van der Waals surface area contributed by atoms with Crippen LogP contribution in [0.3, 0.4) is 0 Å². The van der Waals surface area contributed by atoms with Crippen LogP contribution in [0.5, 0.6) is 5.75 Å². The molecular formula is C37H41N3O4. The van der Waals surface area contributed by atoms with E-state index in [1.807, 2.05) is 99.0 Å². The summed E-state index contributed by atoms with van der Waals surface area (Å²) in [7, 11) is 4.05. The normalized spacial score (nSPS) is 17.6. The van der Waals surface area contributed by atoms with Gasteiger partial charge in [0, 0.05) is 31.6 Å². The standard InChI is InChI=1S/C37H41N3O4/c1-40(2)24-9-23-38-36(42)37(27-28-11-5-3-6-12-28)34(31-17-15-30(16-18-31)29-13-7-4-8-14-29)44-35(39-37)32-19-21-33(22-20-32)43-26-10-25-41/h3-8,11-22,34,41H,9-10,23-27H2,1-2H3,(H,38,42)/t34-,37-/m1/s1. The molecule has 7 heteroatoms. The van der Waals surface area contributed by atoms with E-state index in [1.54, 1.807) is 0 Å². The van der Waals surface area contributed by atoms with Crippen molar-refractivity contribution in [3.8, 4) is 16.9 Å². The summed E-state index contributed by atoms with van der Waals surface area (Å²) in [6, 6.07) is 36.0. The van der Waals surface area contributed by atoms with Gasteiger partial charge in [-0.05, 0) is 73.6 Å². The molecule has 1 amide bonds. The summed E-state index contributed by atoms with van der Waals surface area (Å²) >= 11 is 0. The average molecular weight is 592 g/mol. The van der Waals surface area contributed by atoms with Crippen LogP contribution in [-0.4, -0.2) is 67.7 Å². The molecule has 1 heterocycles. The van der Waals surface area contributed by atoms with Crippen LogP contribution in [0.4, 0.5) is 0 Å². The number of aliphatic hydroxyl groups excluding tert-OH is 1. The molecule has 228 valence electrons. The number of aliphatic imine (C=N–C) groups is 1. The molecule has 0 aromatic heterocycles. The molecule has 2 N–H and O–H groups in total. The largest absolute Gasteiger partial charge is 0.494 e. The van der Waals surface area contributed by atoms with Crippen molar-refractivity contribution in [2.75, 3.05) is 40.4 Å². The predicted molar refractivity (Wildman–Crippen MR) is 175 cm³/mol. The summed E-state index contributed by atoms with van der Waals surface area (Å²) in [6.45, 7) is 1.92. The predicted octanol–water partition coefficient (Wildman–Crippen LogP) is 5.68. The molecule has 1 aliphatic rings. The maximum absolute atomic E-state index is 14.3. The summed E-state index contributed by atoms with van der Waals surface area (Å²) in [5.74, 6) is 0.961. The number of nitrogens with zero attached hydrogens (tertiary/aromatic N) is 2. The van der Waals surface area contributed by atoms with Gasteiger partial charge in [-0.15, -0.1) is 0 Å². The molecule has 0 spiro atoms. The fraction of sp³-hybridized carbons (Fsp3) is 0.297. The van der Waals surface area contributed by atoms with Crippen molar-refractivity contribution in [1.29, 1.82) is 0 Å². The number of benzene rings is 4. The lowest BCUT2D eigenvalue weighted by Crippen LogP contribution is -2.50. The highest BCUT2D eigenvalue weighted by atomic mass is 16.5. The second kappa shape index (κ2) is 14.8. The highest BCUT2D eigenvalue weighted by Gasteiger charge is 2.53. The Kier molecular flexibility index (Phi) is 10.4. The Morgan fingerprint density at radius 3 is 2.16 bits per heavy atom. The highest BCUT2D eigenvalue weighted by Crippen LogP contribution is 2.43. The maximum atomic E-state index is 14.3. The molecule has 0 fully saturated rings. The second-order valence-corrected chi connectivity index (χ2v) is 11.4. The quantitative estimate of drug-likeness (QED) is 0.184. The molecule has 5 rings (SSSR count). The van der Waals surface area contributed by atoms with Gasteiger partial charge in [-0.3, -0.25) is 4.79 Å². The van der Waals surface area contributed by atoms with Crippen molar-refractivity contribution >= 4 is 11.8 Å². The smallest absolute Gasteiger partial charge is 0.252 e. The number of hydrogen-bond acceptors (Lipinski definition) is 6. The summed E-state index contributed by atoms with van der Waals surface area (Å²) in [5.41, 5.74) is 3.64. The van der Waals surface area contributed by atoms with E-state index in [0.717, 1.165) is 40.8 Å². The monoisotopic (exact) mass is 591 g/mol. The zero-order valence-electron chi connectivity index (χ0n) is 25.5. The SMILES string of the molecule is CN(C)CCCNC(=O)[C@]1(Cc2ccccc2)N=C(c2ccc(OCCCO)cc2)O[C@@H]1c1ccc(-c2ccccc2)cc1. The number of amides is 1. The number of hydrogen-bond donors (Lipinski definition) is 2. The fourth-order valence-corrected chi connectivity index (χ4v) is 5.42. The third-order valence-electron chi connectivity index (χ3n) is 7.73. The Hall–Kier alpha value is -4.46. The lowest BCUT2D eigenvalue weighted by molar-refractivity contribution is -0.128. The molecule has 0 saturated heterocycles. The van der Waals surface area contributed by atoms with Crippen LogP contribution in [0.15, 0.2) is 114 Å². The van der Waals surface area contributed by atoms with E-state index >= 15 is 0 Å². The molecule has 1 aliphatic heterocycles. The zero-order chi connectivity index (χ0) is 30.8. The Morgan fingerprint density at radius 2 is 1.50 bits per heavy atom. The number of aliphatic hydroxyl groups is 1. The number of rotatable bonds is 14. The maximum Gasteiger partial charge on any atom is 0.252 e. The molecule has 0 aliphatic carbocycles. The first-order chi connectivity index (χ1) is 21.5. The van der Waals surface area contributed by atoms with Crippen LogP contribution in [0.2, 0.25) is 0 Å². The second-order valence-electron chi connectivity index (χ2n) is 11.4. The van der Waals surface area contributed by atoms with Crippen LogP contribution in [0, 0.1) is 0 Å². The first-order valence-electron chi connectivity index (χ1n) is 15.2. The Morgan fingerprint density at radius 1 is 0.864 bits per heavy atom. The number of nitrogens with one attached hydrogen (secondary N) is 1. The number of carbonyl (C=O) groups excluding carboxylic acids is 1. The minimum Gasteiger partial charge on any atom is -0.494 e. The molecule has 4 aromatic carbocycles. The highest BCUT2D eigenvalue weighted by molar-refractivity contribution is 6.01. The van der Waals surface area contributed by atoms with Gasteiger partial charge in [0.1, 0.15) is 5.75 Å². The van der Waals surface area contributed by atoms with E-state index in [2.05, 4.69) is 34.5 Å². The van der Waals surface area contributed by atoms with Crippen LogP contribution >= 0.6 is 0 Å². The molecule has 44 heavy (non-hydrogen) atoms. The minimum atomic E-state index is -1.22. The van der Waals surface area contributed by atoms with Gasteiger partial charge in [-0.25, -0.2) is 4.99 Å². The van der Waals surface area contributed by atoms with Crippen LogP contribution in [0.1, 0.15) is 35.6 Å². The Labute approximate surface area is 260 Å². The summed E-state index contributed by atoms with van der Waals surface area (Å²) < 4.78 is 12.4. The first-order valence-corrected chi connectivity index (χ1v) is 15.2. The Balaban J connectivity index is 1.52. The van der Waals surface area contributed by atoms with Crippen LogP contribution in [-0.2, 0) is 16.0 Å². The lowest BCUT2D eigenvalue weighted by Gasteiger charge is -2.31. The zero-order valence-corrected chi connectivity index (χ0v) is 25.5. The third kappa shape index (κ3) is 7.54. The van der Waals surface area contributed by atoms with Crippen molar-refractivity contribution < 1.29 is 19.4 Å². The van der Waals surface area contributed by atoms with E-state index in [0.29, 0.717) is 37.6 Å². The van der Waals surface area contributed by atoms with Crippen LogP contribution in [0.25, 0.3) is 11.1 Å². The summed E-state index contributed by atoms with van der Waals surface area (Å²) in [5, 5.41) is 12.3. The van der Waals surface area contributed by atoms with Crippen molar-refractivity contribution in [2.24, 2.45) is 4.99 Å². The topological polar surface area (TPSA) is 83.4 Å². The van der Waals surface area contributed by atoms with Crippen molar-refractivity contribution in [3.63, 3.8) is 0 Å². The van der Waals surface area contributed by atoms with Crippen molar-refractivity contribution in [2.45, 2.75) is 30.9 Å². The average Bonchev–Trinajstić information content (AvgIpc) is 3.44. The third-order valence-corrected chi connectivity index (χ3v) is 7.73. The van der Waals surface area contributed by atoms with E-state index in [1.165, 1.54) is 0 Å². The molecule has 0 saturated carbocycles. The van der Waals surface area contributed by atoms with Gasteiger partial charge in [-0.2, -0.15) is 0 Å². The fourth-order valence-electron chi connectivity index (χ4n) is 5.42. The lowest BCUT2D eigenvalue weighted by atomic mass is 9.81. The molecule has 4 aromatic rings. The van der Waals surface area contributed by atoms with Crippen molar-refractivity contribution in [1.82, 2.24) is 10.2 Å². The van der Waals surface area contributed by atoms with E-state index in [-0.39, 0.29) is 12.5 Å². The molecule has 0 unspecified atom stereocenters. The summed E-state index contributed by atoms with van der Waals surface area (Å²) in [6.07, 6.45) is 1.13. The summed E-state index contributed by atoms with van der Waals surface area (Å²) in [4.78, 5) is 21.6. The minimum absolute atomic E-state index is 0.0805. The van der Waals surface area contributed by atoms with Gasteiger partial charge >= 0.3 is 0 Å². The van der Waals surface area contributed by atoms with Gasteiger partial charge in [0.25, 0.3) is 5.91 Å². The van der Waals surface area contributed by atoms with E-state index in [9.17, 15) is 4.79 Å². The first kappa shape index (κ1) is 31.0. The van der Waals surface area contributed by atoms with E-state index in [4.69, 9.17) is 19.6 Å². The molecule has 0 radical (unpaired) electrons. The molecular weight excluding hydrogens is 550 g/mol. The van der Waals surface area contributed by atoms with Gasteiger partial charge in [0.05, 0.1) is 6.61 Å². The van der Waals surface area contributed by atoms with Gasteiger partial charge < -0.3 is 24.8 Å². The van der Waals surface area contributed by atoms with Crippen molar-refractivity contribution in [3.05, 3.63) is 126 Å². The van der Waals surface area contributed by atoms with Gasteiger partial charge in [0.15, 0.2) is 11.6 Å². The molecule has 0 bridgehead atoms. The van der Waals surface area contributed by atoms with Gasteiger partial charge in [0.2, 0.25) is 5.90 Å². The number of ether oxygens (including phenoxy) is 2. The molecule has 7 nitrogen and oxygen atoms in total. The Bertz CT molecular complexity index is 1510. The van der Waals surface area contributed by atoms with Gasteiger partial charge in [-0.1, -0.05) is 84.9 Å². The number of carbonyl (C=O) groups is 1. The van der Waals surface area contributed by atoms with E-state index < -0.39 is 11.6 Å². The molecule has 2 atom stereocenters. The van der Waals surface area contributed by atoms with Crippen LogP contribution < -0.4 is 10.1 Å².